The summed E-state index contributed by atoms with van der Waals surface area (Å²) in [6, 6.07) is 5.93. The van der Waals surface area contributed by atoms with Crippen molar-refractivity contribution in [3.05, 3.63) is 35.7 Å². The molecule has 7 heteroatoms. The lowest BCUT2D eigenvalue weighted by atomic mass is 10.2. The van der Waals surface area contributed by atoms with E-state index in [2.05, 4.69) is 19.9 Å². The van der Waals surface area contributed by atoms with Gasteiger partial charge in [0.1, 0.15) is 11.4 Å². The molecule has 1 fully saturated rings. The molecule has 0 bridgehead atoms. The van der Waals surface area contributed by atoms with Crippen molar-refractivity contribution in [1.29, 1.82) is 0 Å². The number of amides is 1. The third kappa shape index (κ3) is 2.30. The number of aromatic amines is 1. The summed E-state index contributed by atoms with van der Waals surface area (Å²) < 4.78 is 0. The number of likely N-dealkylation sites (tertiary alicyclic amines) is 1. The quantitative estimate of drug-likeness (QED) is 0.756. The van der Waals surface area contributed by atoms with Crippen LogP contribution >= 0.6 is 0 Å². The predicted molar refractivity (Wildman–Crippen MR) is 91.0 cm³/mol. The Labute approximate surface area is 135 Å². The van der Waals surface area contributed by atoms with Gasteiger partial charge >= 0.3 is 0 Å². The average Bonchev–Trinajstić information content (AvgIpc) is 2.88. The molecule has 3 N–H and O–H groups in total. The zero-order valence-corrected chi connectivity index (χ0v) is 12.7. The van der Waals surface area contributed by atoms with Gasteiger partial charge in [0, 0.05) is 15.9 Å². The Morgan fingerprint density at radius 1 is 1.35 bits per heavy atom. The number of imidazole rings is 1. The second kappa shape index (κ2) is 5.05. The molecule has 4 rings (SSSR count). The summed E-state index contributed by atoms with van der Waals surface area (Å²) in [6.07, 6.45) is 2.45. The van der Waals surface area contributed by atoms with E-state index >= 15 is 0 Å². The third-order valence-corrected chi connectivity index (χ3v) is 4.02. The highest BCUT2D eigenvalue weighted by molar-refractivity contribution is 5.93. The molecule has 3 aromatic rings. The van der Waals surface area contributed by atoms with E-state index in [-0.39, 0.29) is 14.6 Å². The number of aryl methyl sites for hydroxylation is 1. The molecule has 1 amide bonds. The standard InChI is InChI=1S/C16H16N6O.2H2/c1-9-3-4-10-11(7-9)21-15(20-10)13-14(17)18-8-12(19-13)16(23)22-5-2-6-22;;/h3-4,7-8H,2,5-6H2,1H3,(H2,17,18)(H,20,21);2*1H. The summed E-state index contributed by atoms with van der Waals surface area (Å²) in [4.78, 5) is 30.2. The van der Waals surface area contributed by atoms with E-state index in [0.29, 0.717) is 17.2 Å². The van der Waals surface area contributed by atoms with Crippen molar-refractivity contribution in [2.24, 2.45) is 0 Å². The summed E-state index contributed by atoms with van der Waals surface area (Å²) >= 11 is 0. The Balaban J connectivity index is 0.00000113. The molecule has 0 radical (unpaired) electrons. The number of H-pyrrole nitrogens is 1. The molecule has 1 aliphatic rings. The number of anilines is 1. The van der Waals surface area contributed by atoms with E-state index in [1.807, 2.05) is 25.1 Å². The van der Waals surface area contributed by atoms with Crippen LogP contribution in [-0.4, -0.2) is 43.8 Å². The molecule has 0 unspecified atom stereocenters. The van der Waals surface area contributed by atoms with Crippen molar-refractivity contribution in [1.82, 2.24) is 24.8 Å². The number of aromatic nitrogens is 4. The van der Waals surface area contributed by atoms with Gasteiger partial charge in [0.25, 0.3) is 5.91 Å². The number of hydrogen-bond acceptors (Lipinski definition) is 5. The first-order chi connectivity index (χ1) is 11.1. The van der Waals surface area contributed by atoms with Crippen LogP contribution in [0, 0.1) is 6.92 Å². The molecule has 23 heavy (non-hydrogen) atoms. The lowest BCUT2D eigenvalue weighted by Gasteiger charge is -2.30. The maximum absolute atomic E-state index is 12.3. The van der Waals surface area contributed by atoms with Gasteiger partial charge in [-0.1, -0.05) is 6.07 Å². The number of nitrogens with two attached hydrogens (primary N) is 1. The zero-order chi connectivity index (χ0) is 16.0. The Morgan fingerprint density at radius 2 is 2.17 bits per heavy atom. The van der Waals surface area contributed by atoms with Crippen LogP contribution in [-0.2, 0) is 0 Å². The number of fused-ring (bicyclic) bond motifs is 1. The van der Waals surface area contributed by atoms with Crippen molar-refractivity contribution in [3.63, 3.8) is 0 Å². The highest BCUT2D eigenvalue weighted by Crippen LogP contribution is 2.24. The molecule has 1 aliphatic heterocycles. The van der Waals surface area contributed by atoms with E-state index in [9.17, 15) is 4.79 Å². The number of rotatable bonds is 2. The summed E-state index contributed by atoms with van der Waals surface area (Å²) in [5.74, 6) is 0.659. The molecule has 0 saturated carbocycles. The van der Waals surface area contributed by atoms with Crippen LogP contribution in [0.4, 0.5) is 5.82 Å². The van der Waals surface area contributed by atoms with Crippen molar-refractivity contribution in [2.45, 2.75) is 13.3 Å². The molecule has 1 aromatic carbocycles. The largest absolute Gasteiger partial charge is 0.382 e. The first-order valence-electron chi connectivity index (χ1n) is 7.50. The van der Waals surface area contributed by atoms with Crippen LogP contribution < -0.4 is 5.73 Å². The minimum absolute atomic E-state index is 0. The first kappa shape index (κ1) is 13.7. The predicted octanol–water partition coefficient (Wildman–Crippen LogP) is 2.25. The first-order valence-corrected chi connectivity index (χ1v) is 7.50. The Kier molecular flexibility index (Phi) is 3.00. The van der Waals surface area contributed by atoms with Gasteiger partial charge in [-0.05, 0) is 31.0 Å². The van der Waals surface area contributed by atoms with Gasteiger partial charge in [0.2, 0.25) is 0 Å². The van der Waals surface area contributed by atoms with Crippen LogP contribution in [0.3, 0.4) is 0 Å². The van der Waals surface area contributed by atoms with E-state index in [1.165, 1.54) is 6.20 Å². The van der Waals surface area contributed by atoms with Crippen molar-refractivity contribution >= 4 is 22.8 Å². The fraction of sp³-hybridized carbons (Fsp3) is 0.250. The molecule has 2 aromatic heterocycles. The van der Waals surface area contributed by atoms with Gasteiger partial charge in [-0.15, -0.1) is 0 Å². The van der Waals surface area contributed by atoms with E-state index in [4.69, 9.17) is 5.73 Å². The molecule has 0 spiro atoms. The maximum atomic E-state index is 12.3. The minimum Gasteiger partial charge on any atom is -0.382 e. The lowest BCUT2D eigenvalue weighted by Crippen LogP contribution is -2.42. The van der Waals surface area contributed by atoms with Gasteiger partial charge < -0.3 is 15.6 Å². The van der Waals surface area contributed by atoms with Crippen molar-refractivity contribution in [3.8, 4) is 11.5 Å². The molecular formula is C16H20N6O. The smallest absolute Gasteiger partial charge is 0.274 e. The number of hydrogen-bond donors (Lipinski definition) is 2. The minimum atomic E-state index is -0.114. The van der Waals surface area contributed by atoms with Crippen LogP contribution in [0.1, 0.15) is 25.3 Å². The fourth-order valence-electron chi connectivity index (χ4n) is 2.59. The van der Waals surface area contributed by atoms with Crippen LogP contribution in [0.5, 0.6) is 0 Å². The highest BCUT2D eigenvalue weighted by atomic mass is 16.2. The van der Waals surface area contributed by atoms with E-state index in [0.717, 1.165) is 36.1 Å². The molecule has 120 valence electrons. The van der Waals surface area contributed by atoms with Gasteiger partial charge in [-0.3, -0.25) is 4.79 Å². The van der Waals surface area contributed by atoms with Gasteiger partial charge in [-0.2, -0.15) is 0 Å². The van der Waals surface area contributed by atoms with E-state index < -0.39 is 0 Å². The number of carbonyl (C=O) groups is 1. The van der Waals surface area contributed by atoms with Gasteiger partial charge in [0.05, 0.1) is 17.2 Å². The second-order valence-corrected chi connectivity index (χ2v) is 5.74. The number of benzene rings is 1. The molecule has 0 atom stereocenters. The summed E-state index contributed by atoms with van der Waals surface area (Å²) in [7, 11) is 0. The maximum Gasteiger partial charge on any atom is 0.274 e. The van der Waals surface area contributed by atoms with Crippen LogP contribution in [0.25, 0.3) is 22.6 Å². The lowest BCUT2D eigenvalue weighted by molar-refractivity contribution is 0.0645. The van der Waals surface area contributed by atoms with Crippen molar-refractivity contribution < 1.29 is 7.65 Å². The summed E-state index contributed by atoms with van der Waals surface area (Å²) in [5.41, 5.74) is 9.50. The van der Waals surface area contributed by atoms with E-state index in [1.54, 1.807) is 4.90 Å². The summed E-state index contributed by atoms with van der Waals surface area (Å²) in [6.45, 7) is 3.55. The number of nitrogen functional groups attached to an aromatic ring is 1. The molecule has 3 heterocycles. The highest BCUT2D eigenvalue weighted by Gasteiger charge is 2.24. The SMILES string of the molecule is Cc1ccc2nc(-c3nc(C(=O)N4CCC4)cnc3N)[nH]c2c1.[HH].[HH]. The third-order valence-electron chi connectivity index (χ3n) is 4.02. The topological polar surface area (TPSA) is 101 Å². The number of nitrogens with one attached hydrogen (secondary N) is 1. The monoisotopic (exact) mass is 312 g/mol. The van der Waals surface area contributed by atoms with Crippen LogP contribution in [0.2, 0.25) is 0 Å². The molecule has 7 nitrogen and oxygen atoms in total. The second-order valence-electron chi connectivity index (χ2n) is 5.74. The van der Waals surface area contributed by atoms with Crippen molar-refractivity contribution in [2.75, 3.05) is 18.8 Å². The zero-order valence-electron chi connectivity index (χ0n) is 12.7. The van der Waals surface area contributed by atoms with Crippen LogP contribution in [0.15, 0.2) is 24.4 Å². The van der Waals surface area contributed by atoms with Gasteiger partial charge in [0.15, 0.2) is 11.6 Å². The Morgan fingerprint density at radius 3 is 2.91 bits per heavy atom. The average molecular weight is 312 g/mol. The normalized spacial score (nSPS) is 14.0. The summed E-state index contributed by atoms with van der Waals surface area (Å²) in [5, 5.41) is 0. The number of nitrogens with zero attached hydrogens (tertiary/aromatic N) is 4. The molecule has 0 aliphatic carbocycles. The number of carbonyl (C=O) groups excluding carboxylic acids is 1. The Bertz CT molecular complexity index is 922. The molecule has 1 saturated heterocycles. The van der Waals surface area contributed by atoms with Gasteiger partial charge in [-0.25, -0.2) is 15.0 Å². The molecular weight excluding hydrogens is 292 g/mol. The fourth-order valence-corrected chi connectivity index (χ4v) is 2.59. The Hall–Kier alpha value is -2.96.